The first-order chi connectivity index (χ1) is 7.30. The highest BCUT2D eigenvalue weighted by Crippen LogP contribution is 2.45. The molecule has 0 aliphatic heterocycles. The minimum absolute atomic E-state index is 0.0116. The SMILES string of the molecule is O=C(O)C(F)(C1CCCCCC1)C(F)(F)F. The molecule has 0 aromatic carbocycles. The smallest absolute Gasteiger partial charge is 0.433 e. The molecule has 0 spiro atoms. The van der Waals surface area contributed by atoms with Crippen molar-refractivity contribution in [2.75, 3.05) is 0 Å². The first-order valence-electron chi connectivity index (χ1n) is 5.29. The van der Waals surface area contributed by atoms with Gasteiger partial charge in [-0.3, -0.25) is 0 Å². The summed E-state index contributed by atoms with van der Waals surface area (Å²) in [7, 11) is 0. The van der Waals surface area contributed by atoms with Crippen LogP contribution in [0.5, 0.6) is 0 Å². The zero-order valence-corrected chi connectivity index (χ0v) is 8.69. The molecule has 0 bridgehead atoms. The minimum Gasteiger partial charge on any atom is -0.479 e. The van der Waals surface area contributed by atoms with Crippen LogP contribution >= 0.6 is 0 Å². The second-order valence-electron chi connectivity index (χ2n) is 4.20. The summed E-state index contributed by atoms with van der Waals surface area (Å²) >= 11 is 0. The maximum absolute atomic E-state index is 13.8. The topological polar surface area (TPSA) is 37.3 Å². The van der Waals surface area contributed by atoms with Crippen molar-refractivity contribution in [1.29, 1.82) is 0 Å². The Balaban J connectivity index is 2.96. The van der Waals surface area contributed by atoms with E-state index in [-0.39, 0.29) is 12.8 Å². The van der Waals surface area contributed by atoms with E-state index in [1.807, 2.05) is 0 Å². The average molecular weight is 242 g/mol. The molecule has 0 saturated heterocycles. The highest BCUT2D eigenvalue weighted by atomic mass is 19.4. The normalized spacial score (nSPS) is 23.5. The Bertz CT molecular complexity index is 256. The number of rotatable bonds is 2. The molecule has 94 valence electrons. The molecule has 16 heavy (non-hydrogen) atoms. The molecule has 1 rings (SSSR count). The molecule has 1 aliphatic carbocycles. The summed E-state index contributed by atoms with van der Waals surface area (Å²) in [6.45, 7) is 0. The average Bonchev–Trinajstić information content (AvgIpc) is 2.42. The molecule has 2 nitrogen and oxygen atoms in total. The Morgan fingerprint density at radius 3 is 1.75 bits per heavy atom. The Hall–Kier alpha value is -0.810. The van der Waals surface area contributed by atoms with E-state index in [1.165, 1.54) is 0 Å². The van der Waals surface area contributed by atoms with Gasteiger partial charge >= 0.3 is 17.8 Å². The van der Waals surface area contributed by atoms with Gasteiger partial charge in [-0.25, -0.2) is 9.18 Å². The molecule has 6 heteroatoms. The fraction of sp³-hybridized carbons (Fsp3) is 0.900. The molecule has 1 unspecified atom stereocenters. The van der Waals surface area contributed by atoms with E-state index in [9.17, 15) is 22.4 Å². The van der Waals surface area contributed by atoms with Crippen molar-refractivity contribution in [3.8, 4) is 0 Å². The molecular weight excluding hydrogens is 228 g/mol. The lowest BCUT2D eigenvalue weighted by Gasteiger charge is -2.31. The highest BCUT2D eigenvalue weighted by Gasteiger charge is 2.66. The lowest BCUT2D eigenvalue weighted by atomic mass is 9.83. The summed E-state index contributed by atoms with van der Waals surface area (Å²) in [6, 6.07) is 0. The zero-order chi connectivity index (χ0) is 12.4. The third kappa shape index (κ3) is 2.30. The van der Waals surface area contributed by atoms with Crippen LogP contribution in [-0.4, -0.2) is 22.9 Å². The van der Waals surface area contributed by atoms with Crippen LogP contribution in [0.25, 0.3) is 0 Å². The molecule has 1 atom stereocenters. The van der Waals surface area contributed by atoms with E-state index in [1.54, 1.807) is 0 Å². The van der Waals surface area contributed by atoms with Crippen LogP contribution in [0, 0.1) is 5.92 Å². The van der Waals surface area contributed by atoms with Gasteiger partial charge < -0.3 is 5.11 Å². The van der Waals surface area contributed by atoms with Gasteiger partial charge in [0.15, 0.2) is 0 Å². The first kappa shape index (κ1) is 13.3. The van der Waals surface area contributed by atoms with E-state index in [2.05, 4.69) is 0 Å². The number of hydrogen-bond acceptors (Lipinski definition) is 1. The standard InChI is InChI=1S/C10H14F4O2/c11-9(8(15)16,10(12,13)14)7-5-3-1-2-4-6-7/h7H,1-6H2,(H,15,16). The van der Waals surface area contributed by atoms with Crippen LogP contribution in [0.2, 0.25) is 0 Å². The largest absolute Gasteiger partial charge is 0.479 e. The molecule has 1 N–H and O–H groups in total. The summed E-state index contributed by atoms with van der Waals surface area (Å²) in [5, 5.41) is 8.52. The van der Waals surface area contributed by atoms with Crippen molar-refractivity contribution in [2.24, 2.45) is 5.92 Å². The first-order valence-corrected chi connectivity index (χ1v) is 5.29. The predicted octanol–water partition coefficient (Wildman–Crippen LogP) is 3.31. The maximum atomic E-state index is 13.8. The van der Waals surface area contributed by atoms with E-state index < -0.39 is 23.7 Å². The number of hydrogen-bond donors (Lipinski definition) is 1. The second kappa shape index (κ2) is 4.59. The van der Waals surface area contributed by atoms with E-state index in [0.29, 0.717) is 12.8 Å². The van der Waals surface area contributed by atoms with Crippen molar-refractivity contribution in [3.05, 3.63) is 0 Å². The molecule has 0 aromatic rings. The van der Waals surface area contributed by atoms with Crippen LogP contribution in [0.3, 0.4) is 0 Å². The number of aliphatic carboxylic acids is 1. The van der Waals surface area contributed by atoms with Gasteiger partial charge in [0.1, 0.15) is 0 Å². The number of alkyl halides is 4. The van der Waals surface area contributed by atoms with Crippen LogP contribution in [0.1, 0.15) is 38.5 Å². The van der Waals surface area contributed by atoms with Crippen molar-refractivity contribution in [2.45, 2.75) is 50.4 Å². The number of halogens is 4. The lowest BCUT2D eigenvalue weighted by Crippen LogP contribution is -2.53. The highest BCUT2D eigenvalue weighted by molar-refractivity contribution is 5.79. The van der Waals surface area contributed by atoms with Gasteiger partial charge in [0.05, 0.1) is 0 Å². The molecule has 0 radical (unpaired) electrons. The van der Waals surface area contributed by atoms with Gasteiger partial charge in [-0.05, 0) is 12.8 Å². The molecule has 1 fully saturated rings. The molecule has 0 aromatic heterocycles. The van der Waals surface area contributed by atoms with Crippen molar-refractivity contribution in [3.63, 3.8) is 0 Å². The lowest BCUT2D eigenvalue weighted by molar-refractivity contribution is -0.251. The van der Waals surface area contributed by atoms with E-state index >= 15 is 0 Å². The predicted molar refractivity (Wildman–Crippen MR) is 48.7 cm³/mol. The third-order valence-electron chi connectivity index (χ3n) is 3.14. The Labute approximate surface area is 90.6 Å². The van der Waals surface area contributed by atoms with E-state index in [0.717, 1.165) is 12.8 Å². The van der Waals surface area contributed by atoms with Crippen LogP contribution in [-0.2, 0) is 4.79 Å². The van der Waals surface area contributed by atoms with Gasteiger partial charge in [-0.15, -0.1) is 0 Å². The monoisotopic (exact) mass is 242 g/mol. The van der Waals surface area contributed by atoms with E-state index in [4.69, 9.17) is 5.11 Å². The van der Waals surface area contributed by atoms with Gasteiger partial charge in [0, 0.05) is 5.92 Å². The molecule has 1 saturated carbocycles. The summed E-state index contributed by atoms with van der Waals surface area (Å²) < 4.78 is 51.3. The van der Waals surface area contributed by atoms with Crippen LogP contribution in [0.15, 0.2) is 0 Å². The summed E-state index contributed by atoms with van der Waals surface area (Å²) in [4.78, 5) is 10.6. The van der Waals surface area contributed by atoms with Crippen LogP contribution < -0.4 is 0 Å². The van der Waals surface area contributed by atoms with Crippen LogP contribution in [0.4, 0.5) is 17.6 Å². The molecule has 0 amide bonds. The number of carboxylic acids is 1. The fourth-order valence-electron chi connectivity index (χ4n) is 2.20. The summed E-state index contributed by atoms with van der Waals surface area (Å²) in [5.41, 5.74) is -4.09. The van der Waals surface area contributed by atoms with Crippen molar-refractivity contribution < 1.29 is 27.5 Å². The zero-order valence-electron chi connectivity index (χ0n) is 8.69. The Kier molecular flexibility index (Phi) is 3.80. The third-order valence-corrected chi connectivity index (χ3v) is 3.14. The van der Waals surface area contributed by atoms with Gasteiger partial charge in [-0.1, -0.05) is 25.7 Å². The summed E-state index contributed by atoms with van der Waals surface area (Å²) in [5.74, 6) is -3.86. The Morgan fingerprint density at radius 1 is 1.00 bits per heavy atom. The molecular formula is C10H14F4O2. The molecule has 1 aliphatic rings. The molecule has 0 heterocycles. The maximum Gasteiger partial charge on any atom is 0.433 e. The Morgan fingerprint density at radius 2 is 1.44 bits per heavy atom. The fourth-order valence-corrected chi connectivity index (χ4v) is 2.20. The number of carbonyl (C=O) groups is 1. The van der Waals surface area contributed by atoms with Gasteiger partial charge in [0.25, 0.3) is 0 Å². The minimum atomic E-state index is -5.34. The summed E-state index contributed by atoms with van der Waals surface area (Å²) in [6.07, 6.45) is -2.97. The quantitative estimate of drug-likeness (QED) is 0.595. The van der Waals surface area contributed by atoms with Gasteiger partial charge in [0.2, 0.25) is 0 Å². The van der Waals surface area contributed by atoms with Crippen molar-refractivity contribution in [1.82, 2.24) is 0 Å². The van der Waals surface area contributed by atoms with Gasteiger partial charge in [-0.2, -0.15) is 13.2 Å². The van der Waals surface area contributed by atoms with Crippen molar-refractivity contribution >= 4 is 5.97 Å². The second-order valence-corrected chi connectivity index (χ2v) is 4.20. The number of carboxylic acid groups (broad SMARTS) is 1.